The molecule has 0 saturated heterocycles. The SMILES string of the molecule is CCC(C)N(CC(=O)O)c1cc(Cl)ccc1C(N)=O. The molecule has 0 aliphatic carbocycles. The van der Waals surface area contributed by atoms with E-state index in [2.05, 4.69) is 0 Å². The van der Waals surface area contributed by atoms with Gasteiger partial charge >= 0.3 is 5.97 Å². The third kappa shape index (κ3) is 3.86. The first-order valence-corrected chi connectivity index (χ1v) is 6.32. The van der Waals surface area contributed by atoms with Crippen molar-refractivity contribution in [2.75, 3.05) is 11.4 Å². The van der Waals surface area contributed by atoms with Crippen molar-refractivity contribution < 1.29 is 14.7 Å². The molecule has 5 nitrogen and oxygen atoms in total. The fourth-order valence-corrected chi connectivity index (χ4v) is 1.96. The maximum Gasteiger partial charge on any atom is 0.323 e. The third-order valence-electron chi connectivity index (χ3n) is 2.96. The number of benzene rings is 1. The summed E-state index contributed by atoms with van der Waals surface area (Å²) in [5, 5.41) is 9.43. The zero-order valence-corrected chi connectivity index (χ0v) is 11.6. The lowest BCUT2D eigenvalue weighted by atomic mass is 10.1. The van der Waals surface area contributed by atoms with E-state index < -0.39 is 11.9 Å². The average molecular weight is 285 g/mol. The highest BCUT2D eigenvalue weighted by molar-refractivity contribution is 6.31. The minimum atomic E-state index is -0.976. The quantitative estimate of drug-likeness (QED) is 0.838. The average Bonchev–Trinajstić information content (AvgIpc) is 2.34. The number of carbonyl (C=O) groups is 2. The summed E-state index contributed by atoms with van der Waals surface area (Å²) in [5.41, 5.74) is 6.04. The molecule has 104 valence electrons. The van der Waals surface area contributed by atoms with Crippen LogP contribution in [0.4, 0.5) is 5.69 Å². The molecule has 0 aliphatic rings. The number of carboxylic acid groups (broad SMARTS) is 1. The predicted molar refractivity (Wildman–Crippen MR) is 74.7 cm³/mol. The number of aliphatic carboxylic acids is 1. The van der Waals surface area contributed by atoms with Crippen molar-refractivity contribution in [1.82, 2.24) is 0 Å². The summed E-state index contributed by atoms with van der Waals surface area (Å²) >= 11 is 5.92. The minimum absolute atomic E-state index is 0.0485. The molecule has 1 aromatic carbocycles. The molecule has 0 aliphatic heterocycles. The molecular weight excluding hydrogens is 268 g/mol. The molecule has 0 aromatic heterocycles. The Labute approximate surface area is 117 Å². The Morgan fingerprint density at radius 3 is 2.58 bits per heavy atom. The lowest BCUT2D eigenvalue weighted by molar-refractivity contribution is -0.135. The summed E-state index contributed by atoms with van der Waals surface area (Å²) in [6, 6.07) is 4.59. The van der Waals surface area contributed by atoms with Gasteiger partial charge in [0.25, 0.3) is 5.91 Å². The van der Waals surface area contributed by atoms with Gasteiger partial charge in [-0.05, 0) is 31.5 Å². The maximum absolute atomic E-state index is 11.4. The molecule has 0 heterocycles. The molecule has 1 aromatic rings. The fraction of sp³-hybridized carbons (Fsp3) is 0.385. The minimum Gasteiger partial charge on any atom is -0.480 e. The molecule has 0 fully saturated rings. The van der Waals surface area contributed by atoms with Gasteiger partial charge in [-0.15, -0.1) is 0 Å². The van der Waals surface area contributed by atoms with Crippen molar-refractivity contribution in [3.8, 4) is 0 Å². The molecule has 0 bridgehead atoms. The van der Waals surface area contributed by atoms with Gasteiger partial charge in [-0.2, -0.15) is 0 Å². The van der Waals surface area contributed by atoms with E-state index in [1.807, 2.05) is 13.8 Å². The van der Waals surface area contributed by atoms with E-state index in [9.17, 15) is 9.59 Å². The fourth-order valence-electron chi connectivity index (χ4n) is 1.80. The van der Waals surface area contributed by atoms with Crippen LogP contribution in [0.2, 0.25) is 5.02 Å². The summed E-state index contributed by atoms with van der Waals surface area (Å²) in [5.74, 6) is -1.58. The van der Waals surface area contributed by atoms with Crippen LogP contribution in [0.25, 0.3) is 0 Å². The van der Waals surface area contributed by atoms with Crippen molar-refractivity contribution >= 4 is 29.2 Å². The van der Waals surface area contributed by atoms with Crippen LogP contribution in [0, 0.1) is 0 Å². The molecule has 0 spiro atoms. The Bertz CT molecular complexity index is 491. The molecule has 1 unspecified atom stereocenters. The maximum atomic E-state index is 11.4. The Balaban J connectivity index is 3.30. The van der Waals surface area contributed by atoms with Crippen LogP contribution in [0.3, 0.4) is 0 Å². The zero-order chi connectivity index (χ0) is 14.6. The normalized spacial score (nSPS) is 11.9. The van der Waals surface area contributed by atoms with Crippen LogP contribution in [-0.4, -0.2) is 29.6 Å². The van der Waals surface area contributed by atoms with Gasteiger partial charge in [-0.25, -0.2) is 0 Å². The number of carboxylic acids is 1. The molecular formula is C13H17ClN2O3. The van der Waals surface area contributed by atoms with E-state index in [4.69, 9.17) is 22.4 Å². The predicted octanol–water partition coefficient (Wildman–Crippen LogP) is 2.13. The molecule has 1 atom stereocenters. The molecule has 6 heteroatoms. The molecule has 19 heavy (non-hydrogen) atoms. The smallest absolute Gasteiger partial charge is 0.323 e. The highest BCUT2D eigenvalue weighted by Gasteiger charge is 2.21. The van der Waals surface area contributed by atoms with Crippen LogP contribution >= 0.6 is 11.6 Å². The second kappa shape index (κ2) is 6.43. The number of amides is 1. The van der Waals surface area contributed by atoms with E-state index in [1.165, 1.54) is 6.07 Å². The Morgan fingerprint density at radius 2 is 2.11 bits per heavy atom. The Morgan fingerprint density at radius 1 is 1.47 bits per heavy atom. The van der Waals surface area contributed by atoms with Crippen molar-refractivity contribution in [2.24, 2.45) is 5.73 Å². The number of hydrogen-bond acceptors (Lipinski definition) is 3. The van der Waals surface area contributed by atoms with Crippen LogP contribution in [-0.2, 0) is 4.79 Å². The lowest BCUT2D eigenvalue weighted by Crippen LogP contribution is -2.38. The first kappa shape index (κ1) is 15.3. The Hall–Kier alpha value is -1.75. The van der Waals surface area contributed by atoms with E-state index in [-0.39, 0.29) is 18.2 Å². The third-order valence-corrected chi connectivity index (χ3v) is 3.20. The second-order valence-electron chi connectivity index (χ2n) is 4.30. The number of hydrogen-bond donors (Lipinski definition) is 2. The van der Waals surface area contributed by atoms with Gasteiger partial charge in [0.15, 0.2) is 0 Å². The summed E-state index contributed by atoms with van der Waals surface area (Å²) < 4.78 is 0. The molecule has 0 saturated carbocycles. The highest BCUT2D eigenvalue weighted by atomic mass is 35.5. The first-order valence-electron chi connectivity index (χ1n) is 5.94. The summed E-state index contributed by atoms with van der Waals surface area (Å²) in [6.07, 6.45) is 0.734. The molecule has 0 radical (unpaired) electrons. The van der Waals surface area contributed by atoms with Crippen LogP contribution in [0.1, 0.15) is 30.6 Å². The van der Waals surface area contributed by atoms with Crippen molar-refractivity contribution in [3.63, 3.8) is 0 Å². The van der Waals surface area contributed by atoms with Crippen molar-refractivity contribution in [1.29, 1.82) is 0 Å². The molecule has 3 N–H and O–H groups in total. The van der Waals surface area contributed by atoms with Crippen LogP contribution in [0.15, 0.2) is 18.2 Å². The van der Waals surface area contributed by atoms with Crippen molar-refractivity contribution in [2.45, 2.75) is 26.3 Å². The van der Waals surface area contributed by atoms with Crippen LogP contribution < -0.4 is 10.6 Å². The van der Waals surface area contributed by atoms with E-state index in [0.29, 0.717) is 10.7 Å². The van der Waals surface area contributed by atoms with Gasteiger partial charge in [0.2, 0.25) is 0 Å². The van der Waals surface area contributed by atoms with Gasteiger partial charge in [0, 0.05) is 11.1 Å². The first-order chi connectivity index (χ1) is 8.86. The number of carbonyl (C=O) groups excluding carboxylic acids is 1. The van der Waals surface area contributed by atoms with Gasteiger partial charge in [-0.3, -0.25) is 9.59 Å². The number of rotatable bonds is 6. The molecule has 1 amide bonds. The second-order valence-corrected chi connectivity index (χ2v) is 4.74. The van der Waals surface area contributed by atoms with Gasteiger partial charge in [-0.1, -0.05) is 18.5 Å². The molecule has 1 rings (SSSR count). The lowest BCUT2D eigenvalue weighted by Gasteiger charge is -2.30. The zero-order valence-electron chi connectivity index (χ0n) is 10.9. The van der Waals surface area contributed by atoms with E-state index in [0.717, 1.165) is 6.42 Å². The van der Waals surface area contributed by atoms with E-state index in [1.54, 1.807) is 17.0 Å². The topological polar surface area (TPSA) is 83.6 Å². The van der Waals surface area contributed by atoms with Crippen LogP contribution in [0.5, 0.6) is 0 Å². The summed E-state index contributed by atoms with van der Waals surface area (Å²) in [6.45, 7) is 3.61. The largest absolute Gasteiger partial charge is 0.480 e. The highest BCUT2D eigenvalue weighted by Crippen LogP contribution is 2.27. The Kier molecular flexibility index (Phi) is 5.18. The van der Waals surface area contributed by atoms with E-state index >= 15 is 0 Å². The number of halogens is 1. The number of nitrogens with two attached hydrogens (primary N) is 1. The van der Waals surface area contributed by atoms with Gasteiger partial charge < -0.3 is 15.7 Å². The van der Waals surface area contributed by atoms with Gasteiger partial charge in [0.05, 0.1) is 11.3 Å². The number of nitrogens with zero attached hydrogens (tertiary/aromatic N) is 1. The summed E-state index contributed by atoms with van der Waals surface area (Å²) in [4.78, 5) is 24.0. The monoisotopic (exact) mass is 284 g/mol. The summed E-state index contributed by atoms with van der Waals surface area (Å²) in [7, 11) is 0. The number of primary amides is 1. The standard InChI is InChI=1S/C13H17ClN2O3/c1-3-8(2)16(7-12(17)18)11-6-9(14)4-5-10(11)13(15)19/h4-6,8H,3,7H2,1-2H3,(H2,15,19)(H,17,18). The van der Waals surface area contributed by atoms with Crippen molar-refractivity contribution in [3.05, 3.63) is 28.8 Å². The number of anilines is 1. The van der Waals surface area contributed by atoms with Gasteiger partial charge in [0.1, 0.15) is 6.54 Å².